The third-order valence-electron chi connectivity index (χ3n) is 4.82. The van der Waals surface area contributed by atoms with E-state index in [2.05, 4.69) is 10.3 Å². The lowest BCUT2D eigenvalue weighted by atomic mass is 10.1. The molecule has 2 aromatic heterocycles. The van der Waals surface area contributed by atoms with E-state index in [1.807, 2.05) is 24.3 Å². The van der Waals surface area contributed by atoms with Crippen LogP contribution in [0, 0.1) is 6.92 Å². The Morgan fingerprint density at radius 1 is 1.09 bits per heavy atom. The van der Waals surface area contributed by atoms with Crippen LogP contribution in [0.1, 0.15) is 43.4 Å². The largest absolute Gasteiger partial charge is 0.460 e. The molecular formula is C23H25N3O7S2. The number of carbonyl (C=O) groups excluding carboxylic acids is 4. The highest BCUT2D eigenvalue weighted by atomic mass is 32.1. The Hall–Kier alpha value is -3.35. The summed E-state index contributed by atoms with van der Waals surface area (Å²) in [5.41, 5.74) is 6.62. The van der Waals surface area contributed by atoms with Gasteiger partial charge in [-0.15, -0.1) is 22.7 Å². The second kappa shape index (κ2) is 12.4. The molecule has 0 fully saturated rings. The fraction of sp³-hybridized carbons (Fsp3) is 0.348. The summed E-state index contributed by atoms with van der Waals surface area (Å²) in [5.74, 6) is -2.66. The van der Waals surface area contributed by atoms with Crippen LogP contribution in [0.2, 0.25) is 0 Å². The number of methoxy groups -OCH3 is 1. The molecule has 35 heavy (non-hydrogen) atoms. The van der Waals surface area contributed by atoms with Gasteiger partial charge in [-0.2, -0.15) is 0 Å². The lowest BCUT2D eigenvalue weighted by Crippen LogP contribution is -2.22. The predicted molar refractivity (Wildman–Crippen MR) is 132 cm³/mol. The molecule has 0 saturated heterocycles. The van der Waals surface area contributed by atoms with Crippen molar-refractivity contribution in [2.75, 3.05) is 32.2 Å². The van der Waals surface area contributed by atoms with Gasteiger partial charge in [-0.05, 0) is 37.5 Å². The molecule has 0 aliphatic carbocycles. The zero-order valence-electron chi connectivity index (χ0n) is 19.3. The van der Waals surface area contributed by atoms with Crippen molar-refractivity contribution >= 4 is 61.6 Å². The van der Waals surface area contributed by atoms with Crippen molar-refractivity contribution in [1.29, 1.82) is 0 Å². The Morgan fingerprint density at radius 3 is 2.57 bits per heavy atom. The highest BCUT2D eigenvalue weighted by Gasteiger charge is 2.26. The van der Waals surface area contributed by atoms with E-state index in [0.29, 0.717) is 18.4 Å². The molecule has 0 spiro atoms. The fourth-order valence-electron chi connectivity index (χ4n) is 3.16. The number of nitrogens with two attached hydrogens (primary N) is 1. The molecule has 0 aliphatic heterocycles. The van der Waals surface area contributed by atoms with Crippen LogP contribution in [0.25, 0.3) is 10.2 Å². The van der Waals surface area contributed by atoms with E-state index in [-0.39, 0.29) is 35.1 Å². The van der Waals surface area contributed by atoms with E-state index >= 15 is 0 Å². The quantitative estimate of drug-likeness (QED) is 0.274. The Balaban J connectivity index is 1.51. The van der Waals surface area contributed by atoms with Crippen molar-refractivity contribution < 1.29 is 33.4 Å². The number of aromatic nitrogens is 1. The van der Waals surface area contributed by atoms with E-state index in [1.165, 1.54) is 14.0 Å². The van der Waals surface area contributed by atoms with Gasteiger partial charge in [0.05, 0.1) is 32.3 Å². The summed E-state index contributed by atoms with van der Waals surface area (Å²) < 4.78 is 16.1. The average Bonchev–Trinajstić information content (AvgIpc) is 3.38. The first-order valence-corrected chi connectivity index (χ1v) is 12.3. The molecular weight excluding hydrogens is 494 g/mol. The van der Waals surface area contributed by atoms with E-state index in [1.54, 1.807) is 11.3 Å². The highest BCUT2D eigenvalue weighted by Crippen LogP contribution is 2.33. The van der Waals surface area contributed by atoms with Crippen LogP contribution in [0.4, 0.5) is 5.00 Å². The maximum atomic E-state index is 12.5. The first-order chi connectivity index (χ1) is 16.8. The number of nitrogens with zero attached hydrogens (tertiary/aromatic N) is 1. The molecule has 12 heteroatoms. The maximum absolute atomic E-state index is 12.5. The topological polar surface area (TPSA) is 147 Å². The number of hydrogen-bond donors (Lipinski definition) is 2. The molecule has 0 bridgehead atoms. The van der Waals surface area contributed by atoms with Crippen LogP contribution in [-0.2, 0) is 30.2 Å². The number of esters is 2. The minimum absolute atomic E-state index is 0.00145. The van der Waals surface area contributed by atoms with Gasteiger partial charge in [0, 0.05) is 13.5 Å². The van der Waals surface area contributed by atoms with Gasteiger partial charge in [0.2, 0.25) is 0 Å². The molecule has 3 aromatic rings. The maximum Gasteiger partial charge on any atom is 0.341 e. The van der Waals surface area contributed by atoms with Crippen LogP contribution < -0.4 is 11.1 Å². The van der Waals surface area contributed by atoms with E-state index < -0.39 is 30.4 Å². The first-order valence-electron chi connectivity index (χ1n) is 10.7. The molecule has 0 radical (unpaired) electrons. The number of nitrogens with one attached hydrogen (secondary N) is 1. The van der Waals surface area contributed by atoms with Gasteiger partial charge in [-0.1, -0.05) is 12.1 Å². The van der Waals surface area contributed by atoms with Crippen LogP contribution in [0.5, 0.6) is 0 Å². The standard InChI is InChI=1S/C23H25N3O7S2/c1-13-19(23(30)32-11-10-31-2)22(35-20(13)21(24)29)26-16(27)12-33-18(28)9-5-8-17-25-14-6-3-4-7-15(14)34-17/h3-4,6-7H,5,8-12H2,1-2H3,(H2,24,29)(H,26,27). The number of benzene rings is 1. The Kier molecular flexibility index (Phi) is 9.29. The summed E-state index contributed by atoms with van der Waals surface area (Å²) in [5, 5.41) is 3.53. The number of anilines is 1. The summed E-state index contributed by atoms with van der Waals surface area (Å²) in [6.07, 6.45) is 1.29. The number of fused-ring (bicyclic) bond motifs is 1. The lowest BCUT2D eigenvalue weighted by Gasteiger charge is -2.08. The Labute approximate surface area is 209 Å². The van der Waals surface area contributed by atoms with Crippen molar-refractivity contribution in [3.63, 3.8) is 0 Å². The van der Waals surface area contributed by atoms with E-state index in [0.717, 1.165) is 26.6 Å². The number of ether oxygens (including phenoxy) is 3. The minimum Gasteiger partial charge on any atom is -0.460 e. The van der Waals surface area contributed by atoms with Gasteiger partial charge in [0.1, 0.15) is 11.6 Å². The van der Waals surface area contributed by atoms with Gasteiger partial charge in [0.25, 0.3) is 11.8 Å². The molecule has 0 saturated carbocycles. The van der Waals surface area contributed by atoms with Crippen LogP contribution in [0.15, 0.2) is 24.3 Å². The first kappa shape index (κ1) is 26.3. The van der Waals surface area contributed by atoms with E-state index in [4.69, 9.17) is 19.9 Å². The van der Waals surface area contributed by atoms with Crippen LogP contribution in [0.3, 0.4) is 0 Å². The van der Waals surface area contributed by atoms with Crippen molar-refractivity contribution in [2.24, 2.45) is 5.73 Å². The molecule has 1 aromatic carbocycles. The Morgan fingerprint density at radius 2 is 1.86 bits per heavy atom. The summed E-state index contributed by atoms with van der Waals surface area (Å²) in [4.78, 5) is 53.2. The number of rotatable bonds is 12. The number of hydrogen-bond acceptors (Lipinski definition) is 10. The summed E-state index contributed by atoms with van der Waals surface area (Å²) in [7, 11) is 1.46. The lowest BCUT2D eigenvalue weighted by molar-refractivity contribution is -0.147. The summed E-state index contributed by atoms with van der Waals surface area (Å²) in [6, 6.07) is 7.81. The smallest absolute Gasteiger partial charge is 0.341 e. The molecule has 3 N–H and O–H groups in total. The highest BCUT2D eigenvalue weighted by molar-refractivity contribution is 7.19. The number of primary amides is 1. The molecule has 0 unspecified atom stereocenters. The number of thiophene rings is 1. The van der Waals surface area contributed by atoms with E-state index in [9.17, 15) is 19.2 Å². The summed E-state index contributed by atoms with van der Waals surface area (Å²) >= 11 is 2.43. The zero-order valence-corrected chi connectivity index (χ0v) is 20.9. The minimum atomic E-state index is -0.738. The van der Waals surface area contributed by atoms with Crippen LogP contribution in [-0.4, -0.2) is 55.7 Å². The summed E-state index contributed by atoms with van der Waals surface area (Å²) in [6.45, 7) is 1.18. The van der Waals surface area contributed by atoms with Crippen molar-refractivity contribution in [3.05, 3.63) is 45.3 Å². The number of aryl methyl sites for hydroxylation is 1. The zero-order chi connectivity index (χ0) is 25.4. The predicted octanol–water partition coefficient (Wildman–Crippen LogP) is 3.07. The van der Waals surface area contributed by atoms with Crippen molar-refractivity contribution in [2.45, 2.75) is 26.2 Å². The average molecular weight is 520 g/mol. The number of amides is 2. The molecule has 10 nitrogen and oxygen atoms in total. The fourth-order valence-corrected chi connectivity index (χ4v) is 5.24. The molecule has 186 valence electrons. The van der Waals surface area contributed by atoms with Crippen molar-refractivity contribution in [1.82, 2.24) is 4.98 Å². The third-order valence-corrected chi connectivity index (χ3v) is 7.14. The van der Waals surface area contributed by atoms with Gasteiger partial charge in [-0.3, -0.25) is 14.4 Å². The number of para-hydroxylation sites is 1. The SMILES string of the molecule is COCCOC(=O)c1c(NC(=O)COC(=O)CCCc2nc3ccccc3s2)sc(C(N)=O)c1C. The van der Waals surface area contributed by atoms with Gasteiger partial charge in [-0.25, -0.2) is 9.78 Å². The number of carbonyl (C=O) groups is 4. The normalized spacial score (nSPS) is 10.8. The van der Waals surface area contributed by atoms with Gasteiger partial charge in [0.15, 0.2) is 6.61 Å². The van der Waals surface area contributed by atoms with Crippen LogP contribution >= 0.6 is 22.7 Å². The Bertz CT molecular complexity index is 1200. The second-order valence-corrected chi connectivity index (χ2v) is 9.53. The molecule has 3 rings (SSSR count). The third kappa shape index (κ3) is 7.07. The van der Waals surface area contributed by atoms with Gasteiger partial charge >= 0.3 is 11.9 Å². The van der Waals surface area contributed by atoms with Crippen molar-refractivity contribution in [3.8, 4) is 0 Å². The second-order valence-electron chi connectivity index (χ2n) is 7.39. The number of thiazole rings is 1. The molecule has 0 aliphatic rings. The monoisotopic (exact) mass is 519 g/mol. The van der Waals surface area contributed by atoms with Gasteiger partial charge < -0.3 is 25.3 Å². The molecule has 2 amide bonds. The molecule has 2 heterocycles. The molecule has 0 atom stereocenters.